The SMILES string of the molecule is CC(C)CN1CCN(Cc2nc(C(=O)Nc3cc(-c4cccc5[nH]ccc45)cc4[nH]ncc34)cs2)CC1. The average molecular weight is 514 g/mol. The van der Waals surface area contributed by atoms with Gasteiger partial charge in [0.25, 0.3) is 5.91 Å². The summed E-state index contributed by atoms with van der Waals surface area (Å²) in [5, 5.41) is 15.2. The molecule has 1 amide bonds. The number of aromatic amines is 2. The maximum absolute atomic E-state index is 13.2. The second kappa shape index (κ2) is 10.1. The van der Waals surface area contributed by atoms with Crippen molar-refractivity contribution in [3.8, 4) is 11.1 Å². The van der Waals surface area contributed by atoms with Gasteiger partial charge in [-0.25, -0.2) is 4.98 Å². The summed E-state index contributed by atoms with van der Waals surface area (Å²) >= 11 is 1.55. The van der Waals surface area contributed by atoms with Crippen molar-refractivity contribution in [2.75, 3.05) is 38.0 Å². The lowest BCUT2D eigenvalue weighted by Crippen LogP contribution is -2.46. The number of hydrogen-bond donors (Lipinski definition) is 3. The van der Waals surface area contributed by atoms with Gasteiger partial charge in [0, 0.05) is 60.6 Å². The summed E-state index contributed by atoms with van der Waals surface area (Å²) in [5.74, 6) is 0.488. The van der Waals surface area contributed by atoms with E-state index in [0.717, 1.165) is 82.9 Å². The number of hydrogen-bond acceptors (Lipinski definition) is 6. The lowest BCUT2D eigenvalue weighted by atomic mass is 9.99. The molecule has 0 bridgehead atoms. The van der Waals surface area contributed by atoms with Gasteiger partial charge in [-0.1, -0.05) is 26.0 Å². The van der Waals surface area contributed by atoms with Crippen molar-refractivity contribution < 1.29 is 4.79 Å². The zero-order valence-electron chi connectivity index (χ0n) is 21.1. The quantitative estimate of drug-likeness (QED) is 0.278. The molecule has 8 nitrogen and oxygen atoms in total. The van der Waals surface area contributed by atoms with Crippen LogP contribution in [0.2, 0.25) is 0 Å². The lowest BCUT2D eigenvalue weighted by Gasteiger charge is -2.35. The van der Waals surface area contributed by atoms with Crippen LogP contribution in [0.25, 0.3) is 32.9 Å². The minimum Gasteiger partial charge on any atom is -0.361 e. The fraction of sp³-hybridized carbons (Fsp3) is 0.321. The van der Waals surface area contributed by atoms with Crippen LogP contribution in [0.1, 0.15) is 29.3 Å². The van der Waals surface area contributed by atoms with E-state index in [0.29, 0.717) is 11.6 Å². The van der Waals surface area contributed by atoms with Gasteiger partial charge in [0.2, 0.25) is 0 Å². The van der Waals surface area contributed by atoms with E-state index in [2.05, 4.69) is 73.4 Å². The van der Waals surface area contributed by atoms with Gasteiger partial charge >= 0.3 is 0 Å². The van der Waals surface area contributed by atoms with Gasteiger partial charge in [0.05, 0.1) is 23.9 Å². The summed E-state index contributed by atoms with van der Waals surface area (Å²) in [6, 6.07) is 12.3. The normalized spacial score (nSPS) is 15.2. The molecule has 4 heterocycles. The van der Waals surface area contributed by atoms with Gasteiger partial charge in [0.1, 0.15) is 10.7 Å². The maximum atomic E-state index is 13.2. The topological polar surface area (TPSA) is 92.9 Å². The number of anilines is 1. The van der Waals surface area contributed by atoms with Gasteiger partial charge in [0.15, 0.2) is 0 Å². The van der Waals surface area contributed by atoms with E-state index in [1.54, 1.807) is 17.5 Å². The third-order valence-corrected chi connectivity index (χ3v) is 7.78. The molecule has 6 rings (SSSR count). The van der Waals surface area contributed by atoms with Crippen molar-refractivity contribution in [2.45, 2.75) is 20.4 Å². The Balaban J connectivity index is 1.18. The molecule has 1 aliphatic rings. The number of fused-ring (bicyclic) bond motifs is 2. The number of carbonyl (C=O) groups is 1. The van der Waals surface area contributed by atoms with E-state index in [4.69, 9.17) is 0 Å². The molecule has 190 valence electrons. The van der Waals surface area contributed by atoms with Gasteiger partial charge in [-0.3, -0.25) is 14.8 Å². The number of thiazole rings is 1. The van der Waals surface area contributed by atoms with Gasteiger partial charge < -0.3 is 15.2 Å². The van der Waals surface area contributed by atoms with Crippen molar-refractivity contribution in [1.29, 1.82) is 0 Å². The molecular formula is C28H31N7OS. The first-order chi connectivity index (χ1) is 18.0. The van der Waals surface area contributed by atoms with Crippen molar-refractivity contribution in [2.24, 2.45) is 5.92 Å². The van der Waals surface area contributed by atoms with E-state index in [-0.39, 0.29) is 5.91 Å². The third kappa shape index (κ3) is 5.02. The third-order valence-electron chi connectivity index (χ3n) is 6.94. The molecule has 9 heteroatoms. The largest absolute Gasteiger partial charge is 0.361 e. The van der Waals surface area contributed by atoms with Crippen molar-refractivity contribution >= 4 is 44.7 Å². The predicted molar refractivity (Wildman–Crippen MR) is 150 cm³/mol. The number of nitrogens with zero attached hydrogens (tertiary/aromatic N) is 4. The van der Waals surface area contributed by atoms with Crippen LogP contribution in [0.5, 0.6) is 0 Å². The molecule has 3 N–H and O–H groups in total. The fourth-order valence-corrected chi connectivity index (χ4v) is 5.97. The van der Waals surface area contributed by atoms with Gasteiger partial charge in [-0.2, -0.15) is 5.10 Å². The molecule has 1 saturated heterocycles. The highest BCUT2D eigenvalue weighted by molar-refractivity contribution is 7.09. The Morgan fingerprint density at radius 2 is 1.92 bits per heavy atom. The molecular weight excluding hydrogens is 482 g/mol. The molecule has 2 aromatic carbocycles. The lowest BCUT2D eigenvalue weighted by molar-refractivity contribution is 0.102. The first-order valence-corrected chi connectivity index (χ1v) is 13.7. The molecule has 0 spiro atoms. The summed E-state index contributed by atoms with van der Waals surface area (Å²) < 4.78 is 0. The summed E-state index contributed by atoms with van der Waals surface area (Å²) in [5.41, 5.74) is 5.21. The van der Waals surface area contributed by atoms with Crippen LogP contribution < -0.4 is 5.32 Å². The molecule has 0 aliphatic carbocycles. The molecule has 1 fully saturated rings. The fourth-order valence-electron chi connectivity index (χ4n) is 5.16. The highest BCUT2D eigenvalue weighted by atomic mass is 32.1. The van der Waals surface area contributed by atoms with Crippen LogP contribution in [0.15, 0.2) is 54.2 Å². The number of aromatic nitrogens is 4. The Morgan fingerprint density at radius 1 is 1.08 bits per heavy atom. The Labute approximate surface area is 219 Å². The van der Waals surface area contributed by atoms with E-state index < -0.39 is 0 Å². The van der Waals surface area contributed by atoms with Crippen LogP contribution in [-0.4, -0.2) is 68.6 Å². The second-order valence-corrected chi connectivity index (χ2v) is 11.1. The summed E-state index contributed by atoms with van der Waals surface area (Å²) in [6.07, 6.45) is 3.69. The number of rotatable bonds is 7. The minimum absolute atomic E-state index is 0.205. The number of nitrogens with one attached hydrogen (secondary N) is 3. The van der Waals surface area contributed by atoms with E-state index in [9.17, 15) is 4.79 Å². The van der Waals surface area contributed by atoms with E-state index in [1.165, 1.54) is 0 Å². The number of H-pyrrole nitrogens is 2. The molecule has 0 saturated carbocycles. The van der Waals surface area contributed by atoms with Gasteiger partial charge in [-0.05, 0) is 41.3 Å². The maximum Gasteiger partial charge on any atom is 0.275 e. The van der Waals surface area contributed by atoms with Crippen molar-refractivity contribution in [1.82, 2.24) is 30.0 Å². The number of carbonyl (C=O) groups excluding carboxylic acids is 1. The minimum atomic E-state index is -0.205. The molecule has 0 atom stereocenters. The summed E-state index contributed by atoms with van der Waals surface area (Å²) in [7, 11) is 0. The highest BCUT2D eigenvalue weighted by Gasteiger charge is 2.20. The Morgan fingerprint density at radius 3 is 2.76 bits per heavy atom. The molecule has 37 heavy (non-hydrogen) atoms. The van der Waals surface area contributed by atoms with Crippen molar-refractivity contribution in [3.05, 3.63) is 64.9 Å². The molecule has 0 radical (unpaired) electrons. The van der Waals surface area contributed by atoms with Crippen LogP contribution in [-0.2, 0) is 6.54 Å². The zero-order valence-corrected chi connectivity index (χ0v) is 21.9. The van der Waals surface area contributed by atoms with E-state index >= 15 is 0 Å². The Hall–Kier alpha value is -3.53. The molecule has 5 aromatic rings. The molecule has 0 unspecified atom stereocenters. The van der Waals surface area contributed by atoms with Crippen LogP contribution in [0.4, 0.5) is 5.69 Å². The monoisotopic (exact) mass is 513 g/mol. The number of benzene rings is 2. The summed E-state index contributed by atoms with van der Waals surface area (Å²) in [4.78, 5) is 26.1. The average Bonchev–Trinajstić information content (AvgIpc) is 3.65. The van der Waals surface area contributed by atoms with Crippen molar-refractivity contribution in [3.63, 3.8) is 0 Å². The van der Waals surface area contributed by atoms with Gasteiger partial charge in [-0.15, -0.1) is 11.3 Å². The smallest absolute Gasteiger partial charge is 0.275 e. The highest BCUT2D eigenvalue weighted by Crippen LogP contribution is 2.34. The number of amides is 1. The zero-order chi connectivity index (χ0) is 25.4. The molecule has 1 aliphatic heterocycles. The summed E-state index contributed by atoms with van der Waals surface area (Å²) in [6.45, 7) is 10.7. The molecule has 3 aromatic heterocycles. The first kappa shape index (κ1) is 23.8. The predicted octanol–water partition coefficient (Wildman–Crippen LogP) is 5.19. The van der Waals surface area contributed by atoms with Crippen LogP contribution >= 0.6 is 11.3 Å². The second-order valence-electron chi connectivity index (χ2n) is 10.2. The first-order valence-electron chi connectivity index (χ1n) is 12.8. The van der Waals surface area contributed by atoms with E-state index in [1.807, 2.05) is 23.7 Å². The standard InChI is InChI=1S/C28H31N7OS/c1-18(2)15-34-8-10-35(11-9-34)16-27-31-26(17-37-27)28(36)32-24-12-19(13-25-22(24)14-30-33-25)20-4-3-5-23-21(20)6-7-29-23/h3-7,12-14,17-18,29H,8-11,15-16H2,1-2H3,(H,30,33)(H,32,36). The number of piperazine rings is 1. The Bertz CT molecular complexity index is 1540. The van der Waals surface area contributed by atoms with Crippen LogP contribution in [0, 0.1) is 5.92 Å². The Kier molecular flexibility index (Phi) is 6.50. The van der Waals surface area contributed by atoms with Crippen LogP contribution in [0.3, 0.4) is 0 Å².